The molecule has 142 valence electrons. The summed E-state index contributed by atoms with van der Waals surface area (Å²) in [5, 5.41) is 0. The molecule has 1 saturated carbocycles. The molecule has 0 aromatic heterocycles. The van der Waals surface area contributed by atoms with E-state index in [0.29, 0.717) is 18.4 Å². The number of carbonyl (C=O) groups is 1. The van der Waals surface area contributed by atoms with Crippen LogP contribution in [0.15, 0.2) is 48.5 Å². The van der Waals surface area contributed by atoms with Crippen LogP contribution in [-0.4, -0.2) is 37.6 Å². The van der Waals surface area contributed by atoms with Gasteiger partial charge in [0.25, 0.3) is 0 Å². The summed E-state index contributed by atoms with van der Waals surface area (Å²) in [5.74, 6) is 1.75. The van der Waals surface area contributed by atoms with Crippen LogP contribution in [0.25, 0.3) is 0 Å². The van der Waals surface area contributed by atoms with E-state index in [0.717, 1.165) is 42.8 Å². The molecule has 27 heavy (non-hydrogen) atoms. The van der Waals surface area contributed by atoms with Crippen molar-refractivity contribution < 1.29 is 9.53 Å². The molecule has 4 rings (SSSR count). The summed E-state index contributed by atoms with van der Waals surface area (Å²) >= 11 is 0. The van der Waals surface area contributed by atoms with E-state index in [1.165, 1.54) is 5.56 Å². The first kappa shape index (κ1) is 18.1. The molecule has 0 radical (unpaired) electrons. The van der Waals surface area contributed by atoms with Crippen LogP contribution in [0.4, 0.5) is 0 Å². The largest absolute Gasteiger partial charge is 0.496 e. The van der Waals surface area contributed by atoms with Crippen molar-refractivity contribution >= 4 is 5.91 Å². The summed E-state index contributed by atoms with van der Waals surface area (Å²) in [4.78, 5) is 15.5. The molecule has 1 aliphatic carbocycles. The molecule has 2 aromatic rings. The van der Waals surface area contributed by atoms with Crippen molar-refractivity contribution in [1.82, 2.24) is 4.90 Å². The highest BCUT2D eigenvalue weighted by atomic mass is 16.5. The number of methoxy groups -OCH3 is 1. The average Bonchev–Trinajstić information content (AvgIpc) is 3.40. The molecule has 0 spiro atoms. The Morgan fingerprint density at radius 1 is 1.19 bits per heavy atom. The van der Waals surface area contributed by atoms with Crippen LogP contribution in [-0.2, 0) is 10.2 Å². The highest BCUT2D eigenvalue weighted by Crippen LogP contribution is 2.51. The predicted octanol–water partition coefficient (Wildman–Crippen LogP) is 3.24. The van der Waals surface area contributed by atoms with Gasteiger partial charge in [-0.3, -0.25) is 4.79 Å². The van der Waals surface area contributed by atoms with Gasteiger partial charge in [0.15, 0.2) is 0 Å². The molecule has 1 aliphatic heterocycles. The normalized spacial score (nSPS) is 23.3. The molecular formula is C23H28N2O2. The maximum absolute atomic E-state index is 13.5. The third-order valence-electron chi connectivity index (χ3n) is 6.38. The van der Waals surface area contributed by atoms with Crippen LogP contribution in [0.2, 0.25) is 0 Å². The van der Waals surface area contributed by atoms with E-state index < -0.39 is 0 Å². The molecule has 4 nitrogen and oxygen atoms in total. The minimum absolute atomic E-state index is 0.255. The molecule has 1 saturated heterocycles. The lowest BCUT2D eigenvalue weighted by Gasteiger charge is -2.24. The number of hydrogen-bond acceptors (Lipinski definition) is 3. The second-order valence-electron chi connectivity index (χ2n) is 7.99. The lowest BCUT2D eigenvalue weighted by molar-refractivity contribution is -0.133. The maximum Gasteiger partial charge on any atom is 0.233 e. The van der Waals surface area contributed by atoms with Gasteiger partial charge in [-0.15, -0.1) is 0 Å². The molecule has 1 amide bonds. The van der Waals surface area contributed by atoms with Gasteiger partial charge in [-0.2, -0.15) is 0 Å². The summed E-state index contributed by atoms with van der Waals surface area (Å²) < 4.78 is 5.48. The van der Waals surface area contributed by atoms with E-state index in [2.05, 4.69) is 41.3 Å². The molecule has 2 atom stereocenters. The number of amides is 1. The SMILES string of the molecule is COc1cc(C2(C(=O)N3C[C@@H](CN)[C@H](c4ccccc4)C3)CC2)ccc1C. The summed E-state index contributed by atoms with van der Waals surface area (Å²) in [6.07, 6.45) is 1.83. The Morgan fingerprint density at radius 3 is 2.56 bits per heavy atom. The van der Waals surface area contributed by atoms with E-state index in [1.54, 1.807) is 7.11 Å². The third kappa shape index (κ3) is 3.12. The number of benzene rings is 2. The van der Waals surface area contributed by atoms with E-state index in [4.69, 9.17) is 10.5 Å². The standard InChI is InChI=1S/C23H28N2O2/c1-16-8-9-19(12-21(16)27-2)23(10-11-23)22(26)25-14-18(13-24)20(15-25)17-6-4-3-5-7-17/h3-9,12,18,20H,10-11,13-15,24H2,1-2H3/t18-,20+/m1/s1. The fourth-order valence-electron chi connectivity index (χ4n) is 4.53. The Kier molecular flexibility index (Phi) is 4.68. The van der Waals surface area contributed by atoms with E-state index in [-0.39, 0.29) is 11.3 Å². The number of nitrogens with zero attached hydrogens (tertiary/aromatic N) is 1. The Hall–Kier alpha value is -2.33. The van der Waals surface area contributed by atoms with Gasteiger partial charge in [-0.05, 0) is 55.0 Å². The van der Waals surface area contributed by atoms with Gasteiger partial charge in [0.05, 0.1) is 12.5 Å². The molecule has 2 N–H and O–H groups in total. The number of likely N-dealkylation sites (tertiary alicyclic amines) is 1. The van der Waals surface area contributed by atoms with Crippen molar-refractivity contribution in [2.75, 3.05) is 26.7 Å². The van der Waals surface area contributed by atoms with Crippen LogP contribution in [0.1, 0.15) is 35.4 Å². The molecule has 0 unspecified atom stereocenters. The summed E-state index contributed by atoms with van der Waals surface area (Å²) in [5.41, 5.74) is 9.15. The predicted molar refractivity (Wildman–Crippen MR) is 107 cm³/mol. The zero-order valence-electron chi connectivity index (χ0n) is 16.2. The zero-order chi connectivity index (χ0) is 19.0. The molecule has 0 bridgehead atoms. The number of rotatable bonds is 5. The molecule has 2 aliphatic rings. The van der Waals surface area contributed by atoms with Crippen molar-refractivity contribution in [3.63, 3.8) is 0 Å². The fraction of sp³-hybridized carbons (Fsp3) is 0.435. The maximum atomic E-state index is 13.5. The monoisotopic (exact) mass is 364 g/mol. The highest BCUT2D eigenvalue weighted by molar-refractivity contribution is 5.91. The van der Waals surface area contributed by atoms with Crippen LogP contribution in [0.5, 0.6) is 5.75 Å². The van der Waals surface area contributed by atoms with E-state index >= 15 is 0 Å². The summed E-state index contributed by atoms with van der Waals surface area (Å²) in [6.45, 7) is 4.14. The van der Waals surface area contributed by atoms with Gasteiger partial charge in [0, 0.05) is 19.0 Å². The summed E-state index contributed by atoms with van der Waals surface area (Å²) in [6, 6.07) is 16.7. The molecule has 2 aromatic carbocycles. The number of carbonyl (C=O) groups excluding carboxylic acids is 1. The average molecular weight is 364 g/mol. The van der Waals surface area contributed by atoms with Crippen molar-refractivity contribution in [3.05, 3.63) is 65.2 Å². The van der Waals surface area contributed by atoms with E-state index in [9.17, 15) is 4.79 Å². The molecule has 2 fully saturated rings. The van der Waals surface area contributed by atoms with Gasteiger partial charge in [-0.25, -0.2) is 0 Å². The Bertz CT molecular complexity index is 830. The number of ether oxygens (including phenoxy) is 1. The number of aryl methyl sites for hydroxylation is 1. The van der Waals surface area contributed by atoms with Gasteiger partial charge in [0.1, 0.15) is 5.75 Å². The van der Waals surface area contributed by atoms with Crippen molar-refractivity contribution in [3.8, 4) is 5.75 Å². The first-order valence-corrected chi connectivity index (χ1v) is 9.78. The van der Waals surface area contributed by atoms with Crippen molar-refractivity contribution in [2.24, 2.45) is 11.7 Å². The lowest BCUT2D eigenvalue weighted by atomic mass is 9.89. The Balaban J connectivity index is 1.58. The van der Waals surface area contributed by atoms with Crippen LogP contribution in [0, 0.1) is 12.8 Å². The fourth-order valence-corrected chi connectivity index (χ4v) is 4.53. The third-order valence-corrected chi connectivity index (χ3v) is 6.38. The lowest BCUT2D eigenvalue weighted by Crippen LogP contribution is -2.38. The van der Waals surface area contributed by atoms with Gasteiger partial charge < -0.3 is 15.4 Å². The first-order valence-electron chi connectivity index (χ1n) is 9.78. The minimum Gasteiger partial charge on any atom is -0.496 e. The zero-order valence-corrected chi connectivity index (χ0v) is 16.2. The first-order chi connectivity index (χ1) is 13.1. The second-order valence-corrected chi connectivity index (χ2v) is 7.99. The quantitative estimate of drug-likeness (QED) is 0.886. The minimum atomic E-state index is -0.369. The second kappa shape index (κ2) is 7.01. The highest BCUT2D eigenvalue weighted by Gasteiger charge is 2.54. The number of nitrogens with two attached hydrogens (primary N) is 1. The summed E-state index contributed by atoms with van der Waals surface area (Å²) in [7, 11) is 1.68. The van der Waals surface area contributed by atoms with Gasteiger partial charge in [0.2, 0.25) is 5.91 Å². The van der Waals surface area contributed by atoms with E-state index in [1.807, 2.05) is 19.1 Å². The topological polar surface area (TPSA) is 55.6 Å². The van der Waals surface area contributed by atoms with Gasteiger partial charge >= 0.3 is 0 Å². The van der Waals surface area contributed by atoms with Crippen LogP contribution < -0.4 is 10.5 Å². The van der Waals surface area contributed by atoms with Gasteiger partial charge in [-0.1, -0.05) is 42.5 Å². The molecule has 1 heterocycles. The van der Waals surface area contributed by atoms with Crippen molar-refractivity contribution in [2.45, 2.75) is 31.1 Å². The van der Waals surface area contributed by atoms with Crippen molar-refractivity contribution in [1.29, 1.82) is 0 Å². The Morgan fingerprint density at radius 2 is 1.93 bits per heavy atom. The number of hydrogen-bond donors (Lipinski definition) is 1. The molecular weight excluding hydrogens is 336 g/mol. The van der Waals surface area contributed by atoms with Crippen LogP contribution in [0.3, 0.4) is 0 Å². The van der Waals surface area contributed by atoms with Crippen LogP contribution >= 0.6 is 0 Å². The smallest absolute Gasteiger partial charge is 0.233 e. The molecule has 4 heteroatoms. The Labute approximate surface area is 161 Å².